The SMILES string of the molecule is COc1cc(OC)c(-c2cc(-c3cccc(C)c3)c3c4c(sc3n2)CCCC4)cc1Cl. The second-order valence-corrected chi connectivity index (χ2v) is 9.49. The monoisotopic (exact) mass is 449 g/mol. The van der Waals surface area contributed by atoms with E-state index in [1.165, 1.54) is 45.4 Å². The summed E-state index contributed by atoms with van der Waals surface area (Å²) in [6.07, 6.45) is 4.79. The largest absolute Gasteiger partial charge is 0.496 e. The molecule has 5 heteroatoms. The van der Waals surface area contributed by atoms with E-state index in [-0.39, 0.29) is 0 Å². The van der Waals surface area contributed by atoms with E-state index in [4.69, 9.17) is 26.1 Å². The summed E-state index contributed by atoms with van der Waals surface area (Å²) in [6.45, 7) is 2.14. The first-order valence-corrected chi connectivity index (χ1v) is 11.7. The maximum atomic E-state index is 6.48. The molecule has 0 saturated carbocycles. The zero-order valence-electron chi connectivity index (χ0n) is 17.9. The molecule has 31 heavy (non-hydrogen) atoms. The van der Waals surface area contributed by atoms with Gasteiger partial charge < -0.3 is 9.47 Å². The third-order valence-electron chi connectivity index (χ3n) is 6.00. The Morgan fingerprint density at radius 1 is 0.935 bits per heavy atom. The molecule has 5 rings (SSSR count). The van der Waals surface area contributed by atoms with Crippen LogP contribution in [0, 0.1) is 6.92 Å². The fourth-order valence-corrected chi connectivity index (χ4v) is 6.02. The van der Waals surface area contributed by atoms with E-state index in [1.807, 2.05) is 23.5 Å². The van der Waals surface area contributed by atoms with Crippen molar-refractivity contribution in [3.8, 4) is 33.9 Å². The van der Waals surface area contributed by atoms with Gasteiger partial charge in [-0.25, -0.2) is 4.98 Å². The Morgan fingerprint density at radius 2 is 1.74 bits per heavy atom. The Bertz CT molecular complexity index is 1290. The molecule has 3 nitrogen and oxygen atoms in total. The molecule has 2 aromatic heterocycles. The highest BCUT2D eigenvalue weighted by molar-refractivity contribution is 7.19. The number of thiophene rings is 1. The molecule has 0 aliphatic heterocycles. The molecule has 0 unspecified atom stereocenters. The third-order valence-corrected chi connectivity index (χ3v) is 7.49. The van der Waals surface area contributed by atoms with Gasteiger partial charge in [0.2, 0.25) is 0 Å². The van der Waals surface area contributed by atoms with Gasteiger partial charge in [0.25, 0.3) is 0 Å². The molecule has 1 aliphatic carbocycles. The van der Waals surface area contributed by atoms with Crippen molar-refractivity contribution >= 4 is 33.2 Å². The lowest BCUT2D eigenvalue weighted by atomic mass is 9.91. The molecule has 0 bridgehead atoms. The zero-order chi connectivity index (χ0) is 21.5. The Kier molecular flexibility index (Phi) is 5.37. The number of aryl methyl sites for hydroxylation is 3. The average Bonchev–Trinajstić information content (AvgIpc) is 3.16. The maximum absolute atomic E-state index is 6.48. The standard InChI is InChI=1S/C26H24ClNO2S/c1-15-7-6-8-16(11-15)18-13-21(19-12-20(27)23(30-3)14-22(19)29-2)28-26-25(18)17-9-4-5-10-24(17)31-26/h6-8,11-14H,4-5,9-10H2,1-3H3. The van der Waals surface area contributed by atoms with Crippen molar-refractivity contribution in [2.24, 2.45) is 0 Å². The van der Waals surface area contributed by atoms with E-state index >= 15 is 0 Å². The number of hydrogen-bond acceptors (Lipinski definition) is 4. The van der Waals surface area contributed by atoms with E-state index in [1.54, 1.807) is 14.2 Å². The highest BCUT2D eigenvalue weighted by Crippen LogP contribution is 2.44. The molecule has 0 atom stereocenters. The van der Waals surface area contributed by atoms with Crippen LogP contribution in [0.5, 0.6) is 11.5 Å². The number of methoxy groups -OCH3 is 2. The highest BCUT2D eigenvalue weighted by Gasteiger charge is 2.22. The van der Waals surface area contributed by atoms with Gasteiger partial charge in [-0.15, -0.1) is 11.3 Å². The van der Waals surface area contributed by atoms with Crippen molar-refractivity contribution in [1.29, 1.82) is 0 Å². The first kappa shape index (κ1) is 20.3. The molecule has 0 N–H and O–H groups in total. The quantitative estimate of drug-likeness (QED) is 0.323. The normalized spacial score (nSPS) is 13.3. The van der Waals surface area contributed by atoms with Crippen molar-refractivity contribution in [3.63, 3.8) is 0 Å². The van der Waals surface area contributed by atoms with Crippen molar-refractivity contribution < 1.29 is 9.47 Å². The summed E-state index contributed by atoms with van der Waals surface area (Å²) >= 11 is 8.32. The second-order valence-electron chi connectivity index (χ2n) is 8.00. The van der Waals surface area contributed by atoms with Gasteiger partial charge in [0.15, 0.2) is 0 Å². The molecule has 0 fully saturated rings. The smallest absolute Gasteiger partial charge is 0.141 e. The van der Waals surface area contributed by atoms with Gasteiger partial charge in [-0.2, -0.15) is 0 Å². The molecule has 0 amide bonds. The minimum atomic E-state index is 0.544. The topological polar surface area (TPSA) is 31.4 Å². The van der Waals surface area contributed by atoms with Gasteiger partial charge in [-0.05, 0) is 61.4 Å². The summed E-state index contributed by atoms with van der Waals surface area (Å²) in [5.41, 5.74) is 6.93. The maximum Gasteiger partial charge on any atom is 0.141 e. The van der Waals surface area contributed by atoms with Crippen LogP contribution in [0.1, 0.15) is 28.8 Å². The zero-order valence-corrected chi connectivity index (χ0v) is 19.5. The molecular formula is C26H24ClNO2S. The van der Waals surface area contributed by atoms with Crippen LogP contribution in [0.2, 0.25) is 5.02 Å². The van der Waals surface area contributed by atoms with Gasteiger partial charge in [0.1, 0.15) is 16.3 Å². The van der Waals surface area contributed by atoms with Crippen LogP contribution in [-0.2, 0) is 12.8 Å². The number of rotatable bonds is 4. The van der Waals surface area contributed by atoms with Crippen LogP contribution in [0.25, 0.3) is 32.6 Å². The Balaban J connectivity index is 1.81. The van der Waals surface area contributed by atoms with Gasteiger partial charge in [0.05, 0.1) is 24.9 Å². The van der Waals surface area contributed by atoms with Gasteiger partial charge in [0, 0.05) is 21.9 Å². The van der Waals surface area contributed by atoms with E-state index in [9.17, 15) is 0 Å². The molecule has 0 saturated heterocycles. The fraction of sp³-hybridized carbons (Fsp3) is 0.269. The average molecular weight is 450 g/mol. The van der Waals surface area contributed by atoms with E-state index in [0.717, 1.165) is 28.9 Å². The Hall–Kier alpha value is -2.56. The lowest BCUT2D eigenvalue weighted by Crippen LogP contribution is -1.99. The predicted octanol–water partition coefficient (Wildman–Crippen LogP) is 7.49. The molecule has 0 radical (unpaired) electrons. The number of nitrogens with zero attached hydrogens (tertiary/aromatic N) is 1. The number of benzene rings is 2. The molecule has 4 aromatic rings. The first-order valence-electron chi connectivity index (χ1n) is 10.5. The van der Waals surface area contributed by atoms with Crippen molar-refractivity contribution in [1.82, 2.24) is 4.98 Å². The summed E-state index contributed by atoms with van der Waals surface area (Å²) in [5, 5.41) is 1.86. The van der Waals surface area contributed by atoms with Gasteiger partial charge >= 0.3 is 0 Å². The molecule has 1 aliphatic rings. The van der Waals surface area contributed by atoms with E-state index < -0.39 is 0 Å². The Labute approximate surface area is 191 Å². The number of ether oxygens (including phenoxy) is 2. The molecule has 2 heterocycles. The summed E-state index contributed by atoms with van der Waals surface area (Å²) in [5.74, 6) is 1.29. The number of aromatic nitrogens is 1. The fourth-order valence-electron chi connectivity index (χ4n) is 4.50. The highest BCUT2D eigenvalue weighted by atomic mass is 35.5. The van der Waals surface area contributed by atoms with Gasteiger partial charge in [-0.3, -0.25) is 0 Å². The molecule has 158 valence electrons. The molecule has 0 spiro atoms. The lowest BCUT2D eigenvalue weighted by Gasteiger charge is -2.15. The minimum absolute atomic E-state index is 0.544. The minimum Gasteiger partial charge on any atom is -0.496 e. The predicted molar refractivity (Wildman–Crippen MR) is 130 cm³/mol. The third kappa shape index (κ3) is 3.58. The van der Waals surface area contributed by atoms with Crippen LogP contribution in [0.4, 0.5) is 0 Å². The van der Waals surface area contributed by atoms with Crippen molar-refractivity contribution in [3.05, 3.63) is 63.5 Å². The lowest BCUT2D eigenvalue weighted by molar-refractivity contribution is 0.395. The van der Waals surface area contributed by atoms with E-state index in [2.05, 4.69) is 37.3 Å². The van der Waals surface area contributed by atoms with Gasteiger partial charge in [-0.1, -0.05) is 41.4 Å². The number of pyridine rings is 1. The summed E-state index contributed by atoms with van der Waals surface area (Å²) < 4.78 is 11.1. The number of halogens is 1. The van der Waals surface area contributed by atoms with Crippen molar-refractivity contribution in [2.45, 2.75) is 32.6 Å². The molecular weight excluding hydrogens is 426 g/mol. The number of hydrogen-bond donors (Lipinski definition) is 0. The van der Waals surface area contributed by atoms with Crippen molar-refractivity contribution in [2.75, 3.05) is 14.2 Å². The number of fused-ring (bicyclic) bond motifs is 3. The van der Waals surface area contributed by atoms with Crippen LogP contribution in [0.15, 0.2) is 42.5 Å². The summed E-state index contributed by atoms with van der Waals surface area (Å²) in [7, 11) is 3.27. The Morgan fingerprint density at radius 3 is 2.52 bits per heavy atom. The summed E-state index contributed by atoms with van der Waals surface area (Å²) in [4.78, 5) is 7.68. The van der Waals surface area contributed by atoms with Crippen LogP contribution in [-0.4, -0.2) is 19.2 Å². The van der Waals surface area contributed by atoms with Crippen LogP contribution in [0.3, 0.4) is 0 Å². The second kappa shape index (κ2) is 8.18. The van der Waals surface area contributed by atoms with E-state index in [0.29, 0.717) is 16.5 Å². The first-order chi connectivity index (χ1) is 15.1. The van der Waals surface area contributed by atoms with Crippen LogP contribution >= 0.6 is 22.9 Å². The summed E-state index contributed by atoms with van der Waals surface area (Å²) in [6, 6.07) is 14.6. The van der Waals surface area contributed by atoms with Crippen LogP contribution < -0.4 is 9.47 Å². The molecule has 2 aromatic carbocycles.